The van der Waals surface area contributed by atoms with Crippen LogP contribution in [0.15, 0.2) is 77.7 Å². The Bertz CT molecular complexity index is 1370. The molecule has 7 nitrogen and oxygen atoms in total. The molecule has 0 aliphatic heterocycles. The molecule has 202 valence electrons. The van der Waals surface area contributed by atoms with Crippen molar-refractivity contribution in [2.24, 2.45) is 0 Å². The Labute approximate surface area is 234 Å². The Morgan fingerprint density at radius 1 is 0.921 bits per heavy atom. The van der Waals surface area contributed by atoms with Gasteiger partial charge in [-0.3, -0.25) is 13.9 Å². The molecule has 3 aromatic rings. The van der Waals surface area contributed by atoms with Gasteiger partial charge in [0.15, 0.2) is 0 Å². The summed E-state index contributed by atoms with van der Waals surface area (Å²) in [4.78, 5) is 28.4. The first-order valence-electron chi connectivity index (χ1n) is 12.2. The number of hydrogen-bond donors (Lipinski definition) is 1. The van der Waals surface area contributed by atoms with Gasteiger partial charge in [0.1, 0.15) is 12.6 Å². The van der Waals surface area contributed by atoms with Gasteiger partial charge in [0.05, 0.1) is 10.6 Å². The summed E-state index contributed by atoms with van der Waals surface area (Å²) < 4.78 is 28.7. The fourth-order valence-corrected chi connectivity index (χ4v) is 5.98. The number of aryl methyl sites for hydroxylation is 1. The standard InChI is InChI=1S/C28H31Cl2N3O4S/c1-4-25(28(35)31-5-2)32(18-21-11-13-22(29)14-12-21)27(34)19-33(26-16-15-23(30)17-20(26)3)38(36,37)24-9-7-6-8-10-24/h6-17,25H,4-5,18-19H2,1-3H3,(H,31,35)/t25-/m0/s1. The molecule has 0 aliphatic carbocycles. The lowest BCUT2D eigenvalue weighted by Crippen LogP contribution is -2.52. The maximum atomic E-state index is 14.0. The Kier molecular flexibility index (Phi) is 10.2. The van der Waals surface area contributed by atoms with E-state index in [4.69, 9.17) is 23.2 Å². The van der Waals surface area contributed by atoms with Gasteiger partial charge >= 0.3 is 0 Å². The van der Waals surface area contributed by atoms with E-state index in [-0.39, 0.29) is 17.3 Å². The number of hydrogen-bond acceptors (Lipinski definition) is 4. The van der Waals surface area contributed by atoms with Crippen LogP contribution in [-0.4, -0.2) is 44.3 Å². The van der Waals surface area contributed by atoms with Crippen LogP contribution in [0.25, 0.3) is 0 Å². The second-order valence-corrected chi connectivity index (χ2v) is 11.5. The number of rotatable bonds is 11. The van der Waals surface area contributed by atoms with E-state index in [0.29, 0.717) is 34.3 Å². The molecule has 0 bridgehead atoms. The second-order valence-electron chi connectivity index (χ2n) is 8.72. The molecule has 1 N–H and O–H groups in total. The number of nitrogens with one attached hydrogen (secondary N) is 1. The smallest absolute Gasteiger partial charge is 0.264 e. The van der Waals surface area contributed by atoms with Gasteiger partial charge < -0.3 is 10.2 Å². The largest absolute Gasteiger partial charge is 0.355 e. The number of nitrogens with zero attached hydrogens (tertiary/aromatic N) is 2. The summed E-state index contributed by atoms with van der Waals surface area (Å²) in [6.07, 6.45) is 0.344. The number of sulfonamides is 1. The average Bonchev–Trinajstić information content (AvgIpc) is 2.89. The number of carbonyl (C=O) groups is 2. The third kappa shape index (κ3) is 7.07. The van der Waals surface area contributed by atoms with Crippen LogP contribution < -0.4 is 9.62 Å². The van der Waals surface area contributed by atoms with Gasteiger partial charge in [0.2, 0.25) is 11.8 Å². The molecule has 0 aromatic heterocycles. The molecule has 0 spiro atoms. The average molecular weight is 577 g/mol. The first kappa shape index (κ1) is 29.5. The molecule has 1 atom stereocenters. The summed E-state index contributed by atoms with van der Waals surface area (Å²) >= 11 is 12.2. The Morgan fingerprint density at radius 2 is 1.55 bits per heavy atom. The van der Waals surface area contributed by atoms with Gasteiger partial charge in [0.25, 0.3) is 10.0 Å². The van der Waals surface area contributed by atoms with Crippen molar-refractivity contribution >= 4 is 50.7 Å². The summed E-state index contributed by atoms with van der Waals surface area (Å²) in [6, 6.07) is 18.9. The van der Waals surface area contributed by atoms with E-state index in [1.807, 2.05) is 6.92 Å². The van der Waals surface area contributed by atoms with Crippen LogP contribution >= 0.6 is 23.2 Å². The van der Waals surface area contributed by atoms with Crippen LogP contribution in [0.2, 0.25) is 10.0 Å². The van der Waals surface area contributed by atoms with Crippen LogP contribution in [-0.2, 0) is 26.2 Å². The highest BCUT2D eigenvalue weighted by molar-refractivity contribution is 7.92. The normalized spacial score (nSPS) is 12.0. The van der Waals surface area contributed by atoms with E-state index in [0.717, 1.165) is 9.87 Å². The fraction of sp³-hybridized carbons (Fsp3) is 0.286. The lowest BCUT2D eigenvalue weighted by molar-refractivity contribution is -0.140. The van der Waals surface area contributed by atoms with E-state index in [1.165, 1.54) is 17.0 Å². The third-order valence-corrected chi connectivity index (χ3v) is 8.30. The second kappa shape index (κ2) is 13.1. The quantitative estimate of drug-likeness (QED) is 0.330. The zero-order chi connectivity index (χ0) is 27.9. The summed E-state index contributed by atoms with van der Waals surface area (Å²) in [5.74, 6) is -0.829. The Hall–Kier alpha value is -3.07. The minimum atomic E-state index is -4.13. The highest BCUT2D eigenvalue weighted by Gasteiger charge is 2.34. The molecule has 0 heterocycles. The molecule has 3 aromatic carbocycles. The maximum Gasteiger partial charge on any atom is 0.264 e. The molecule has 0 aliphatic rings. The summed E-state index contributed by atoms with van der Waals surface area (Å²) in [7, 11) is -4.13. The zero-order valence-electron chi connectivity index (χ0n) is 21.5. The molecule has 10 heteroatoms. The predicted molar refractivity (Wildman–Crippen MR) is 152 cm³/mol. The highest BCUT2D eigenvalue weighted by Crippen LogP contribution is 2.29. The van der Waals surface area contributed by atoms with Crippen LogP contribution in [0.5, 0.6) is 0 Å². The number of halogens is 2. The van der Waals surface area contributed by atoms with Crippen molar-refractivity contribution in [3.63, 3.8) is 0 Å². The molecule has 0 saturated carbocycles. The van der Waals surface area contributed by atoms with E-state index < -0.39 is 28.5 Å². The van der Waals surface area contributed by atoms with Crippen LogP contribution in [0.3, 0.4) is 0 Å². The molecule has 3 rings (SSSR count). The fourth-order valence-electron chi connectivity index (χ4n) is 4.13. The molecule has 38 heavy (non-hydrogen) atoms. The number of benzene rings is 3. The van der Waals surface area contributed by atoms with Crippen molar-refractivity contribution in [1.29, 1.82) is 0 Å². The van der Waals surface area contributed by atoms with Crippen molar-refractivity contribution in [2.75, 3.05) is 17.4 Å². The topological polar surface area (TPSA) is 86.8 Å². The molecule has 0 saturated heterocycles. The van der Waals surface area contributed by atoms with Gasteiger partial charge in [-0.05, 0) is 73.9 Å². The summed E-state index contributed by atoms with van der Waals surface area (Å²) in [5.41, 5.74) is 1.67. The van der Waals surface area contributed by atoms with Crippen molar-refractivity contribution in [3.05, 3.63) is 94.0 Å². The minimum absolute atomic E-state index is 0.0437. The number of anilines is 1. The van der Waals surface area contributed by atoms with E-state index in [1.54, 1.807) is 74.5 Å². The van der Waals surface area contributed by atoms with Crippen molar-refractivity contribution < 1.29 is 18.0 Å². The van der Waals surface area contributed by atoms with Crippen LogP contribution in [0, 0.1) is 6.92 Å². The first-order chi connectivity index (χ1) is 18.1. The molecular weight excluding hydrogens is 545 g/mol. The maximum absolute atomic E-state index is 14.0. The molecule has 2 amide bonds. The third-order valence-electron chi connectivity index (χ3n) is 6.04. The van der Waals surface area contributed by atoms with Crippen molar-refractivity contribution in [3.8, 4) is 0 Å². The monoisotopic (exact) mass is 575 g/mol. The van der Waals surface area contributed by atoms with Gasteiger partial charge in [-0.1, -0.05) is 60.5 Å². The van der Waals surface area contributed by atoms with E-state index >= 15 is 0 Å². The van der Waals surface area contributed by atoms with Gasteiger partial charge in [-0.15, -0.1) is 0 Å². The lowest BCUT2D eigenvalue weighted by atomic mass is 10.1. The predicted octanol–water partition coefficient (Wildman–Crippen LogP) is 5.44. The molecule has 0 radical (unpaired) electrons. The molecule has 0 fully saturated rings. The zero-order valence-corrected chi connectivity index (χ0v) is 23.9. The van der Waals surface area contributed by atoms with Crippen molar-refractivity contribution in [2.45, 2.75) is 44.7 Å². The molecular formula is C28H31Cl2N3O4S. The Morgan fingerprint density at radius 3 is 2.13 bits per heavy atom. The number of amides is 2. The SMILES string of the molecule is CCNC(=O)[C@H](CC)N(Cc1ccc(Cl)cc1)C(=O)CN(c1ccc(Cl)cc1C)S(=O)(=O)c1ccccc1. The van der Waals surface area contributed by atoms with Gasteiger partial charge in [0, 0.05) is 23.1 Å². The van der Waals surface area contributed by atoms with Gasteiger partial charge in [-0.25, -0.2) is 8.42 Å². The number of likely N-dealkylation sites (N-methyl/N-ethyl adjacent to an activating group) is 1. The Balaban J connectivity index is 2.08. The molecule has 0 unspecified atom stereocenters. The number of carbonyl (C=O) groups excluding carboxylic acids is 2. The van der Waals surface area contributed by atoms with Gasteiger partial charge in [-0.2, -0.15) is 0 Å². The van der Waals surface area contributed by atoms with Crippen LogP contribution in [0.4, 0.5) is 5.69 Å². The highest BCUT2D eigenvalue weighted by atomic mass is 35.5. The first-order valence-corrected chi connectivity index (χ1v) is 14.4. The van der Waals surface area contributed by atoms with Crippen LogP contribution in [0.1, 0.15) is 31.4 Å². The van der Waals surface area contributed by atoms with E-state index in [2.05, 4.69) is 5.32 Å². The lowest BCUT2D eigenvalue weighted by Gasteiger charge is -2.33. The minimum Gasteiger partial charge on any atom is -0.355 e. The summed E-state index contributed by atoms with van der Waals surface area (Å²) in [5, 5.41) is 3.77. The van der Waals surface area contributed by atoms with Crippen molar-refractivity contribution in [1.82, 2.24) is 10.2 Å². The summed E-state index contributed by atoms with van der Waals surface area (Å²) in [6.45, 7) is 5.33. The van der Waals surface area contributed by atoms with E-state index in [9.17, 15) is 18.0 Å².